The van der Waals surface area contributed by atoms with Gasteiger partial charge in [-0.1, -0.05) is 18.2 Å². The Hall–Kier alpha value is -1.44. The number of phenolic OH excluding ortho intramolecular Hbond substituents is 2. The van der Waals surface area contributed by atoms with Gasteiger partial charge in [-0.05, 0) is 25.5 Å². The molecule has 0 atom stereocenters. The molecule has 1 aromatic rings. The summed E-state index contributed by atoms with van der Waals surface area (Å²) in [5, 5.41) is 18.6. The first-order chi connectivity index (χ1) is 5.75. The van der Waals surface area contributed by atoms with Crippen molar-refractivity contribution >= 4 is 0 Å². The molecule has 64 valence electrons. The van der Waals surface area contributed by atoms with Crippen molar-refractivity contribution in [3.05, 3.63) is 35.9 Å². The summed E-state index contributed by atoms with van der Waals surface area (Å²) in [6.45, 7) is 1.90. The fourth-order valence-electron chi connectivity index (χ4n) is 1.01. The largest absolute Gasteiger partial charge is 0.508 e. The van der Waals surface area contributed by atoms with E-state index in [-0.39, 0.29) is 11.5 Å². The highest BCUT2D eigenvalue weighted by molar-refractivity contribution is 5.43. The molecule has 0 aromatic heterocycles. The second-order valence-electron chi connectivity index (χ2n) is 2.55. The van der Waals surface area contributed by atoms with E-state index in [1.165, 1.54) is 0 Å². The minimum absolute atomic E-state index is 0.146. The summed E-state index contributed by atoms with van der Waals surface area (Å²) in [5.74, 6) is 0.293. The predicted octanol–water partition coefficient (Wildman–Crippen LogP) is 2.22. The van der Waals surface area contributed by atoms with Crippen LogP contribution in [-0.4, -0.2) is 10.2 Å². The van der Waals surface area contributed by atoms with Crippen LogP contribution in [0.4, 0.5) is 0 Å². The second kappa shape index (κ2) is 3.81. The Balaban J connectivity index is 2.96. The molecule has 0 radical (unpaired) electrons. The van der Waals surface area contributed by atoms with Crippen LogP contribution in [0.25, 0.3) is 0 Å². The van der Waals surface area contributed by atoms with Gasteiger partial charge in [0.15, 0.2) is 0 Å². The molecule has 2 N–H and O–H groups in total. The van der Waals surface area contributed by atoms with Crippen LogP contribution in [0.5, 0.6) is 11.5 Å². The highest BCUT2D eigenvalue weighted by atomic mass is 16.3. The average Bonchev–Trinajstić information content (AvgIpc) is 2.04. The Kier molecular flexibility index (Phi) is 2.75. The van der Waals surface area contributed by atoms with Crippen LogP contribution in [-0.2, 0) is 6.42 Å². The first kappa shape index (κ1) is 8.65. The maximum atomic E-state index is 9.32. The standard InChI is InChI=1S/C10H12O2/c1-2-3-5-8-9(11)6-4-7-10(8)12/h2-4,6-7,11-12H,5H2,1H3/b3-2+. The molecule has 0 heterocycles. The van der Waals surface area contributed by atoms with Crippen molar-refractivity contribution in [2.24, 2.45) is 0 Å². The third-order valence-electron chi connectivity index (χ3n) is 1.68. The van der Waals surface area contributed by atoms with Gasteiger partial charge >= 0.3 is 0 Å². The molecule has 0 spiro atoms. The number of benzene rings is 1. The second-order valence-corrected chi connectivity index (χ2v) is 2.55. The average molecular weight is 164 g/mol. The first-order valence-electron chi connectivity index (χ1n) is 3.86. The van der Waals surface area contributed by atoms with E-state index in [0.29, 0.717) is 12.0 Å². The van der Waals surface area contributed by atoms with Crippen LogP contribution in [0.2, 0.25) is 0 Å². The van der Waals surface area contributed by atoms with Gasteiger partial charge in [0.25, 0.3) is 0 Å². The van der Waals surface area contributed by atoms with Gasteiger partial charge in [0, 0.05) is 5.56 Å². The minimum Gasteiger partial charge on any atom is -0.508 e. The normalized spacial score (nSPS) is 10.8. The third kappa shape index (κ3) is 1.78. The van der Waals surface area contributed by atoms with Crippen molar-refractivity contribution in [3.63, 3.8) is 0 Å². The molecule has 2 nitrogen and oxygen atoms in total. The van der Waals surface area contributed by atoms with Crippen LogP contribution in [0.1, 0.15) is 12.5 Å². The SMILES string of the molecule is C/C=C/Cc1c(O)cccc1O. The molecule has 0 bridgehead atoms. The van der Waals surface area contributed by atoms with E-state index in [4.69, 9.17) is 0 Å². The maximum Gasteiger partial charge on any atom is 0.122 e. The zero-order chi connectivity index (χ0) is 8.97. The zero-order valence-electron chi connectivity index (χ0n) is 6.99. The fraction of sp³-hybridized carbons (Fsp3) is 0.200. The van der Waals surface area contributed by atoms with E-state index in [2.05, 4.69) is 0 Å². The summed E-state index contributed by atoms with van der Waals surface area (Å²) in [7, 11) is 0. The number of allylic oxidation sites excluding steroid dienone is 2. The molecule has 0 unspecified atom stereocenters. The van der Waals surface area contributed by atoms with Gasteiger partial charge in [0.05, 0.1) is 0 Å². The summed E-state index contributed by atoms with van der Waals surface area (Å²) in [6.07, 6.45) is 4.33. The van der Waals surface area contributed by atoms with Crippen LogP contribution in [0.3, 0.4) is 0 Å². The Morgan fingerprint density at radius 1 is 1.25 bits per heavy atom. The Labute approximate surface area is 71.8 Å². The predicted molar refractivity (Wildman–Crippen MR) is 48.3 cm³/mol. The number of hydrogen-bond donors (Lipinski definition) is 2. The minimum atomic E-state index is 0.146. The molecule has 0 amide bonds. The van der Waals surface area contributed by atoms with Crippen LogP contribution in [0.15, 0.2) is 30.4 Å². The van der Waals surface area contributed by atoms with E-state index in [0.717, 1.165) is 0 Å². The van der Waals surface area contributed by atoms with Gasteiger partial charge in [-0.15, -0.1) is 0 Å². The molecule has 1 aromatic carbocycles. The molecule has 0 saturated heterocycles. The van der Waals surface area contributed by atoms with Gasteiger partial charge in [-0.2, -0.15) is 0 Å². The number of rotatable bonds is 2. The summed E-state index contributed by atoms with van der Waals surface area (Å²) in [5.41, 5.74) is 0.579. The van der Waals surface area contributed by atoms with E-state index in [1.54, 1.807) is 18.2 Å². The lowest BCUT2D eigenvalue weighted by molar-refractivity contribution is 0.441. The fourth-order valence-corrected chi connectivity index (χ4v) is 1.01. The molecule has 0 aliphatic carbocycles. The van der Waals surface area contributed by atoms with Crippen molar-refractivity contribution in [1.29, 1.82) is 0 Å². The molecule has 1 rings (SSSR count). The van der Waals surface area contributed by atoms with Gasteiger partial charge in [0.1, 0.15) is 11.5 Å². The molecule has 12 heavy (non-hydrogen) atoms. The molecular formula is C10H12O2. The first-order valence-corrected chi connectivity index (χ1v) is 3.86. The topological polar surface area (TPSA) is 40.5 Å². The summed E-state index contributed by atoms with van der Waals surface area (Å²) < 4.78 is 0. The number of hydrogen-bond acceptors (Lipinski definition) is 2. The van der Waals surface area contributed by atoms with E-state index >= 15 is 0 Å². The van der Waals surface area contributed by atoms with Crippen molar-refractivity contribution in [2.45, 2.75) is 13.3 Å². The van der Waals surface area contributed by atoms with Gasteiger partial charge < -0.3 is 10.2 Å². The van der Waals surface area contributed by atoms with Gasteiger partial charge in [-0.25, -0.2) is 0 Å². The lowest BCUT2D eigenvalue weighted by Crippen LogP contribution is -1.82. The number of aromatic hydroxyl groups is 2. The van der Waals surface area contributed by atoms with Crippen molar-refractivity contribution in [3.8, 4) is 11.5 Å². The van der Waals surface area contributed by atoms with Gasteiger partial charge in [0.2, 0.25) is 0 Å². The molecule has 0 aliphatic rings. The Morgan fingerprint density at radius 2 is 1.83 bits per heavy atom. The summed E-state index contributed by atoms with van der Waals surface area (Å²) >= 11 is 0. The van der Waals surface area contributed by atoms with Crippen molar-refractivity contribution in [2.75, 3.05) is 0 Å². The Morgan fingerprint density at radius 3 is 2.33 bits per heavy atom. The summed E-state index contributed by atoms with van der Waals surface area (Å²) in [4.78, 5) is 0. The monoisotopic (exact) mass is 164 g/mol. The lowest BCUT2D eigenvalue weighted by Gasteiger charge is -2.02. The van der Waals surface area contributed by atoms with E-state index < -0.39 is 0 Å². The molecule has 0 aliphatic heterocycles. The third-order valence-corrected chi connectivity index (χ3v) is 1.68. The molecule has 2 heteroatoms. The quantitative estimate of drug-likeness (QED) is 0.658. The molecule has 0 fully saturated rings. The van der Waals surface area contributed by atoms with Crippen LogP contribution < -0.4 is 0 Å². The van der Waals surface area contributed by atoms with Crippen molar-refractivity contribution < 1.29 is 10.2 Å². The van der Waals surface area contributed by atoms with E-state index in [9.17, 15) is 10.2 Å². The molecule has 0 saturated carbocycles. The lowest BCUT2D eigenvalue weighted by atomic mass is 10.1. The highest BCUT2D eigenvalue weighted by Crippen LogP contribution is 2.26. The summed E-state index contributed by atoms with van der Waals surface area (Å²) in [6, 6.07) is 4.75. The maximum absolute atomic E-state index is 9.32. The number of phenols is 2. The Bertz CT molecular complexity index is 270. The highest BCUT2D eigenvalue weighted by Gasteiger charge is 2.03. The smallest absolute Gasteiger partial charge is 0.122 e. The van der Waals surface area contributed by atoms with Crippen molar-refractivity contribution in [1.82, 2.24) is 0 Å². The van der Waals surface area contributed by atoms with Gasteiger partial charge in [-0.3, -0.25) is 0 Å². The zero-order valence-corrected chi connectivity index (χ0v) is 6.99. The van der Waals surface area contributed by atoms with E-state index in [1.807, 2.05) is 19.1 Å². The van der Waals surface area contributed by atoms with Crippen LogP contribution >= 0.6 is 0 Å². The molecular weight excluding hydrogens is 152 g/mol. The van der Waals surface area contributed by atoms with Crippen LogP contribution in [0, 0.1) is 0 Å².